The van der Waals surface area contributed by atoms with E-state index in [1.54, 1.807) is 16.8 Å². The average molecular weight is 300 g/mol. The molecule has 1 unspecified atom stereocenters. The van der Waals surface area contributed by atoms with Crippen molar-refractivity contribution in [1.82, 2.24) is 20.3 Å². The lowest BCUT2D eigenvalue weighted by Gasteiger charge is -2.08. The third kappa shape index (κ3) is 3.23. The van der Waals surface area contributed by atoms with Crippen molar-refractivity contribution in [3.05, 3.63) is 59.9 Å². The van der Waals surface area contributed by atoms with Gasteiger partial charge in [0.15, 0.2) is 0 Å². The minimum absolute atomic E-state index is 0.0769. The van der Waals surface area contributed by atoms with Crippen LogP contribution >= 0.6 is 0 Å². The molecule has 1 aromatic carbocycles. The van der Waals surface area contributed by atoms with Crippen LogP contribution in [-0.4, -0.2) is 15.0 Å². The van der Waals surface area contributed by atoms with Gasteiger partial charge in [-0.1, -0.05) is 5.21 Å². The molecule has 0 bridgehead atoms. The van der Waals surface area contributed by atoms with Crippen LogP contribution in [0.1, 0.15) is 24.4 Å². The first-order valence-corrected chi connectivity index (χ1v) is 7.06. The number of hydrogen-bond donors (Lipinski definition) is 1. The van der Waals surface area contributed by atoms with Crippen molar-refractivity contribution in [2.45, 2.75) is 19.5 Å². The van der Waals surface area contributed by atoms with Gasteiger partial charge in [-0.05, 0) is 43.3 Å². The number of aromatic nitrogens is 3. The van der Waals surface area contributed by atoms with E-state index in [-0.39, 0.29) is 11.9 Å². The Morgan fingerprint density at radius 2 is 2.00 bits per heavy atom. The zero-order valence-corrected chi connectivity index (χ0v) is 12.5. The summed E-state index contributed by atoms with van der Waals surface area (Å²) in [6.07, 6.45) is 1.88. The van der Waals surface area contributed by atoms with Crippen molar-refractivity contribution in [3.63, 3.8) is 0 Å². The van der Waals surface area contributed by atoms with Crippen LogP contribution in [-0.2, 0) is 13.6 Å². The van der Waals surface area contributed by atoms with Gasteiger partial charge < -0.3 is 9.73 Å². The molecule has 114 valence electrons. The molecular formula is C16H17FN4O. The standard InChI is InChI=1S/C16H17FN4O/c1-11(15-10-21(2)20-19-15)18-9-14-7-8-16(22-14)12-3-5-13(17)6-4-12/h3-8,10-11,18H,9H2,1-2H3. The molecule has 5 nitrogen and oxygen atoms in total. The number of nitrogens with one attached hydrogen (secondary N) is 1. The van der Waals surface area contributed by atoms with Crippen LogP contribution in [0.15, 0.2) is 47.0 Å². The van der Waals surface area contributed by atoms with Gasteiger partial charge in [-0.15, -0.1) is 5.10 Å². The van der Waals surface area contributed by atoms with E-state index < -0.39 is 0 Å². The lowest BCUT2D eigenvalue weighted by Crippen LogP contribution is -2.18. The highest BCUT2D eigenvalue weighted by Gasteiger charge is 2.10. The minimum atomic E-state index is -0.255. The number of halogens is 1. The van der Waals surface area contributed by atoms with Crippen molar-refractivity contribution in [3.8, 4) is 11.3 Å². The molecule has 1 atom stereocenters. The Labute approximate surface area is 127 Å². The molecular weight excluding hydrogens is 283 g/mol. The van der Waals surface area contributed by atoms with Crippen molar-refractivity contribution < 1.29 is 8.81 Å². The maximum absolute atomic E-state index is 12.9. The second-order valence-corrected chi connectivity index (χ2v) is 5.19. The first-order chi connectivity index (χ1) is 10.6. The fourth-order valence-corrected chi connectivity index (χ4v) is 2.16. The van der Waals surface area contributed by atoms with Crippen molar-refractivity contribution in [2.75, 3.05) is 0 Å². The lowest BCUT2D eigenvalue weighted by atomic mass is 10.2. The molecule has 0 aliphatic heterocycles. The predicted octanol–water partition coefficient (Wildman–Crippen LogP) is 3.07. The fourth-order valence-electron chi connectivity index (χ4n) is 2.16. The Kier molecular flexibility index (Phi) is 4.02. The fraction of sp³-hybridized carbons (Fsp3) is 0.250. The molecule has 2 heterocycles. The minimum Gasteiger partial charge on any atom is -0.460 e. The number of furan rings is 1. The molecule has 1 N–H and O–H groups in total. The maximum atomic E-state index is 12.9. The van der Waals surface area contributed by atoms with Crippen LogP contribution in [0.5, 0.6) is 0 Å². The summed E-state index contributed by atoms with van der Waals surface area (Å²) < 4.78 is 20.4. The topological polar surface area (TPSA) is 55.9 Å². The summed E-state index contributed by atoms with van der Waals surface area (Å²) in [7, 11) is 1.84. The molecule has 0 radical (unpaired) electrons. The quantitative estimate of drug-likeness (QED) is 0.787. The maximum Gasteiger partial charge on any atom is 0.134 e. The zero-order valence-electron chi connectivity index (χ0n) is 12.5. The predicted molar refractivity (Wildman–Crippen MR) is 80.4 cm³/mol. The SMILES string of the molecule is CC(NCc1ccc(-c2ccc(F)cc2)o1)c1cn(C)nn1. The molecule has 6 heteroatoms. The molecule has 0 aliphatic carbocycles. The number of rotatable bonds is 5. The Morgan fingerprint density at radius 3 is 2.68 bits per heavy atom. The number of aryl methyl sites for hydroxylation is 1. The Bertz CT molecular complexity index is 748. The first kappa shape index (κ1) is 14.5. The smallest absolute Gasteiger partial charge is 0.134 e. The van der Waals surface area contributed by atoms with E-state index in [2.05, 4.69) is 15.6 Å². The van der Waals surface area contributed by atoms with E-state index in [1.807, 2.05) is 32.3 Å². The Hall–Kier alpha value is -2.47. The lowest BCUT2D eigenvalue weighted by molar-refractivity contribution is 0.464. The summed E-state index contributed by atoms with van der Waals surface area (Å²) in [4.78, 5) is 0. The first-order valence-electron chi connectivity index (χ1n) is 7.06. The third-order valence-corrected chi connectivity index (χ3v) is 3.44. The third-order valence-electron chi connectivity index (χ3n) is 3.44. The normalized spacial score (nSPS) is 12.5. The Morgan fingerprint density at radius 1 is 1.23 bits per heavy atom. The van der Waals surface area contributed by atoms with E-state index in [9.17, 15) is 4.39 Å². The van der Waals surface area contributed by atoms with E-state index >= 15 is 0 Å². The van der Waals surface area contributed by atoms with Gasteiger partial charge in [0, 0.05) is 18.8 Å². The van der Waals surface area contributed by atoms with Gasteiger partial charge in [0.25, 0.3) is 0 Å². The van der Waals surface area contributed by atoms with Crippen molar-refractivity contribution >= 4 is 0 Å². The van der Waals surface area contributed by atoms with Gasteiger partial charge in [0.05, 0.1) is 18.3 Å². The molecule has 0 fully saturated rings. The zero-order chi connectivity index (χ0) is 15.5. The highest BCUT2D eigenvalue weighted by molar-refractivity contribution is 5.57. The van der Waals surface area contributed by atoms with Gasteiger partial charge in [0.2, 0.25) is 0 Å². The van der Waals surface area contributed by atoms with Crippen molar-refractivity contribution in [2.24, 2.45) is 7.05 Å². The number of nitrogens with zero attached hydrogens (tertiary/aromatic N) is 3. The van der Waals surface area contributed by atoms with E-state index in [4.69, 9.17) is 4.42 Å². The molecule has 0 amide bonds. The summed E-state index contributed by atoms with van der Waals surface area (Å²) in [6.45, 7) is 2.60. The summed E-state index contributed by atoms with van der Waals surface area (Å²) in [5, 5.41) is 11.3. The van der Waals surface area contributed by atoms with Crippen LogP contribution in [0, 0.1) is 5.82 Å². The summed E-state index contributed by atoms with van der Waals surface area (Å²) >= 11 is 0. The van der Waals surface area contributed by atoms with Crippen LogP contribution in [0.4, 0.5) is 4.39 Å². The number of benzene rings is 1. The van der Waals surface area contributed by atoms with Crippen LogP contribution in [0.3, 0.4) is 0 Å². The second kappa shape index (κ2) is 6.11. The van der Waals surface area contributed by atoms with Gasteiger partial charge >= 0.3 is 0 Å². The summed E-state index contributed by atoms with van der Waals surface area (Å²) in [5.74, 6) is 1.29. The van der Waals surface area contributed by atoms with Crippen LogP contribution in [0.2, 0.25) is 0 Å². The van der Waals surface area contributed by atoms with Gasteiger partial charge in [-0.3, -0.25) is 4.68 Å². The van der Waals surface area contributed by atoms with E-state index in [0.717, 1.165) is 22.8 Å². The number of hydrogen-bond acceptors (Lipinski definition) is 4. The van der Waals surface area contributed by atoms with E-state index in [0.29, 0.717) is 6.54 Å². The van der Waals surface area contributed by atoms with Gasteiger partial charge in [0.1, 0.15) is 17.3 Å². The molecule has 22 heavy (non-hydrogen) atoms. The molecule has 0 aliphatic rings. The molecule has 0 saturated carbocycles. The second-order valence-electron chi connectivity index (χ2n) is 5.19. The molecule has 0 spiro atoms. The molecule has 0 saturated heterocycles. The molecule has 3 aromatic rings. The average Bonchev–Trinajstić information content (AvgIpc) is 3.15. The largest absolute Gasteiger partial charge is 0.460 e. The van der Waals surface area contributed by atoms with E-state index in [1.165, 1.54) is 12.1 Å². The van der Waals surface area contributed by atoms with Gasteiger partial charge in [-0.25, -0.2) is 4.39 Å². The summed E-state index contributed by atoms with van der Waals surface area (Å²) in [5.41, 5.74) is 1.74. The van der Waals surface area contributed by atoms with Crippen LogP contribution in [0.25, 0.3) is 11.3 Å². The Balaban J connectivity index is 1.63. The van der Waals surface area contributed by atoms with Crippen molar-refractivity contribution in [1.29, 1.82) is 0 Å². The van der Waals surface area contributed by atoms with Crippen LogP contribution < -0.4 is 5.32 Å². The molecule has 2 aromatic heterocycles. The molecule has 3 rings (SSSR count). The summed E-state index contributed by atoms with van der Waals surface area (Å²) in [6, 6.07) is 10.1. The van der Waals surface area contributed by atoms with Gasteiger partial charge in [-0.2, -0.15) is 0 Å². The highest BCUT2D eigenvalue weighted by atomic mass is 19.1. The highest BCUT2D eigenvalue weighted by Crippen LogP contribution is 2.22. The monoisotopic (exact) mass is 300 g/mol.